The van der Waals surface area contributed by atoms with Crippen molar-refractivity contribution in [3.8, 4) is 0 Å². The zero-order chi connectivity index (χ0) is 14.1. The van der Waals surface area contributed by atoms with Crippen molar-refractivity contribution in [1.29, 1.82) is 0 Å². The van der Waals surface area contributed by atoms with Gasteiger partial charge in [-0.2, -0.15) is 13.2 Å². The molecule has 6 atom stereocenters. The Morgan fingerprint density at radius 1 is 1.25 bits per heavy atom. The Kier molecular flexibility index (Phi) is 2.42. The second kappa shape index (κ2) is 3.80. The molecule has 5 heteroatoms. The van der Waals surface area contributed by atoms with Gasteiger partial charge in [0.15, 0.2) is 6.61 Å². The highest BCUT2D eigenvalue weighted by Crippen LogP contribution is 2.72. The molecule has 0 aromatic rings. The molecular formula is C15H17F3O2. The lowest BCUT2D eigenvalue weighted by atomic mass is 9.61. The molecule has 110 valence electrons. The maximum absolute atomic E-state index is 12.5. The molecular weight excluding hydrogens is 269 g/mol. The third kappa shape index (κ3) is 1.44. The zero-order valence-corrected chi connectivity index (χ0v) is 11.0. The Morgan fingerprint density at radius 2 is 2.05 bits per heavy atom. The summed E-state index contributed by atoms with van der Waals surface area (Å²) < 4.78 is 41.7. The van der Waals surface area contributed by atoms with Crippen LogP contribution in [0.3, 0.4) is 0 Å². The first-order chi connectivity index (χ1) is 9.43. The second-order valence-corrected chi connectivity index (χ2v) is 6.81. The lowest BCUT2D eigenvalue weighted by molar-refractivity contribution is -0.199. The molecule has 20 heavy (non-hydrogen) atoms. The first kappa shape index (κ1) is 12.7. The van der Waals surface area contributed by atoms with Crippen molar-refractivity contribution in [3.63, 3.8) is 0 Å². The van der Waals surface area contributed by atoms with Crippen LogP contribution < -0.4 is 0 Å². The standard InChI is InChI=1S/C15H17F3O2/c16-14(17,18)7-20-13(19)15-10-3-1-8(5-10)12(15)9-2-4-11(15)6-9/h1,3,8-12H,2,4-7H2. The van der Waals surface area contributed by atoms with Crippen molar-refractivity contribution in [2.45, 2.75) is 31.9 Å². The van der Waals surface area contributed by atoms with Crippen LogP contribution in [0.1, 0.15) is 25.7 Å². The van der Waals surface area contributed by atoms with Gasteiger partial charge >= 0.3 is 12.1 Å². The number of ether oxygens (including phenoxy) is 1. The Labute approximate surface area is 115 Å². The molecule has 0 aromatic heterocycles. The maximum atomic E-state index is 12.5. The van der Waals surface area contributed by atoms with Gasteiger partial charge in [0.05, 0.1) is 5.41 Å². The van der Waals surface area contributed by atoms with Gasteiger partial charge in [0.1, 0.15) is 0 Å². The van der Waals surface area contributed by atoms with Crippen LogP contribution in [0.5, 0.6) is 0 Å². The van der Waals surface area contributed by atoms with Crippen LogP contribution in [0.2, 0.25) is 0 Å². The van der Waals surface area contributed by atoms with Crippen molar-refractivity contribution >= 4 is 5.97 Å². The van der Waals surface area contributed by atoms with Gasteiger partial charge < -0.3 is 4.74 Å². The number of carbonyl (C=O) groups is 1. The molecule has 4 aliphatic carbocycles. The largest absolute Gasteiger partial charge is 0.456 e. The Hall–Kier alpha value is -1.00. The van der Waals surface area contributed by atoms with E-state index >= 15 is 0 Å². The number of fused-ring (bicyclic) bond motifs is 9. The minimum absolute atomic E-state index is 0.105. The number of rotatable bonds is 2. The molecule has 4 rings (SSSR count). The van der Waals surface area contributed by atoms with E-state index in [1.807, 2.05) is 0 Å². The molecule has 0 spiro atoms. The number of hydrogen-bond acceptors (Lipinski definition) is 2. The van der Waals surface area contributed by atoms with Crippen molar-refractivity contribution in [1.82, 2.24) is 0 Å². The predicted molar refractivity (Wildman–Crippen MR) is 64.5 cm³/mol. The number of alkyl halides is 3. The molecule has 0 amide bonds. The van der Waals surface area contributed by atoms with Gasteiger partial charge in [0.2, 0.25) is 0 Å². The Morgan fingerprint density at radius 3 is 2.80 bits per heavy atom. The van der Waals surface area contributed by atoms with Crippen LogP contribution in [0.25, 0.3) is 0 Å². The monoisotopic (exact) mass is 286 g/mol. The van der Waals surface area contributed by atoms with Gasteiger partial charge in [0, 0.05) is 0 Å². The predicted octanol–water partition coefficient (Wildman–Crippen LogP) is 3.33. The van der Waals surface area contributed by atoms with E-state index in [2.05, 4.69) is 12.2 Å². The molecule has 3 saturated carbocycles. The van der Waals surface area contributed by atoms with Crippen LogP contribution in [0, 0.1) is 35.0 Å². The van der Waals surface area contributed by atoms with E-state index in [9.17, 15) is 18.0 Å². The minimum Gasteiger partial charge on any atom is -0.456 e. The lowest BCUT2D eigenvalue weighted by Gasteiger charge is -2.42. The molecule has 4 bridgehead atoms. The van der Waals surface area contributed by atoms with Crippen LogP contribution in [0.15, 0.2) is 12.2 Å². The summed E-state index contributed by atoms with van der Waals surface area (Å²) >= 11 is 0. The van der Waals surface area contributed by atoms with Crippen LogP contribution >= 0.6 is 0 Å². The Bertz CT molecular complexity index is 484. The summed E-state index contributed by atoms with van der Waals surface area (Å²) in [5, 5.41) is 0. The molecule has 0 aliphatic heterocycles. The van der Waals surface area contributed by atoms with Crippen LogP contribution in [-0.2, 0) is 9.53 Å². The molecule has 0 saturated heterocycles. The number of carbonyl (C=O) groups excluding carboxylic acids is 1. The summed E-state index contributed by atoms with van der Waals surface area (Å²) in [5.74, 6) is 0.889. The topological polar surface area (TPSA) is 26.3 Å². The highest BCUT2D eigenvalue weighted by Gasteiger charge is 2.71. The molecule has 6 unspecified atom stereocenters. The van der Waals surface area contributed by atoms with E-state index in [0.717, 1.165) is 25.7 Å². The van der Waals surface area contributed by atoms with E-state index in [1.54, 1.807) is 0 Å². The zero-order valence-electron chi connectivity index (χ0n) is 11.0. The third-order valence-electron chi connectivity index (χ3n) is 6.12. The summed E-state index contributed by atoms with van der Waals surface area (Å²) in [7, 11) is 0. The van der Waals surface area contributed by atoms with E-state index in [1.165, 1.54) is 0 Å². The average molecular weight is 286 g/mol. The van der Waals surface area contributed by atoms with E-state index < -0.39 is 24.2 Å². The van der Waals surface area contributed by atoms with Crippen molar-refractivity contribution in [2.24, 2.45) is 35.0 Å². The normalized spacial score (nSPS) is 47.9. The fraction of sp³-hybridized carbons (Fsp3) is 0.800. The summed E-state index contributed by atoms with van der Waals surface area (Å²) in [6.45, 7) is -1.45. The van der Waals surface area contributed by atoms with Crippen LogP contribution in [0.4, 0.5) is 13.2 Å². The molecule has 2 nitrogen and oxygen atoms in total. The van der Waals surface area contributed by atoms with Gasteiger partial charge in [-0.05, 0) is 55.3 Å². The van der Waals surface area contributed by atoms with Gasteiger partial charge in [-0.25, -0.2) is 0 Å². The van der Waals surface area contributed by atoms with Crippen molar-refractivity contribution < 1.29 is 22.7 Å². The lowest BCUT2D eigenvalue weighted by Crippen LogP contribution is -2.48. The number of allylic oxidation sites excluding steroid dienone is 2. The summed E-state index contributed by atoms with van der Waals surface area (Å²) in [5.41, 5.74) is -0.631. The van der Waals surface area contributed by atoms with Gasteiger partial charge in [-0.3, -0.25) is 4.79 Å². The van der Waals surface area contributed by atoms with Gasteiger partial charge in [-0.15, -0.1) is 0 Å². The molecule has 0 radical (unpaired) electrons. The highest BCUT2D eigenvalue weighted by atomic mass is 19.4. The first-order valence-electron chi connectivity index (χ1n) is 7.35. The van der Waals surface area contributed by atoms with Gasteiger partial charge in [-0.1, -0.05) is 12.2 Å². The fourth-order valence-electron chi connectivity index (χ4n) is 5.77. The molecule has 0 aromatic carbocycles. The SMILES string of the molecule is O=C(OCC(F)(F)F)C12C3C=CC(C3)C1C1CCC2C1. The van der Waals surface area contributed by atoms with E-state index in [-0.39, 0.29) is 17.8 Å². The van der Waals surface area contributed by atoms with E-state index in [4.69, 9.17) is 4.74 Å². The first-order valence-corrected chi connectivity index (χ1v) is 7.35. The van der Waals surface area contributed by atoms with Gasteiger partial charge in [0.25, 0.3) is 0 Å². The smallest absolute Gasteiger partial charge is 0.422 e. The molecule has 3 fully saturated rings. The molecule has 4 aliphatic rings. The molecule has 0 N–H and O–H groups in total. The summed E-state index contributed by atoms with van der Waals surface area (Å²) in [4.78, 5) is 12.5. The number of hydrogen-bond donors (Lipinski definition) is 0. The van der Waals surface area contributed by atoms with Crippen molar-refractivity contribution in [3.05, 3.63) is 12.2 Å². The fourth-order valence-corrected chi connectivity index (χ4v) is 5.77. The number of halogens is 3. The quantitative estimate of drug-likeness (QED) is 0.442. The van der Waals surface area contributed by atoms with E-state index in [0.29, 0.717) is 11.8 Å². The molecule has 0 heterocycles. The van der Waals surface area contributed by atoms with Crippen LogP contribution in [-0.4, -0.2) is 18.8 Å². The maximum Gasteiger partial charge on any atom is 0.422 e. The second-order valence-electron chi connectivity index (χ2n) is 6.81. The third-order valence-corrected chi connectivity index (χ3v) is 6.12. The summed E-state index contributed by atoms with van der Waals surface area (Å²) in [6.07, 6.45) is 3.81. The Balaban J connectivity index is 1.64. The highest BCUT2D eigenvalue weighted by molar-refractivity contribution is 5.80. The number of esters is 1. The average Bonchev–Trinajstić information content (AvgIpc) is 3.11. The van der Waals surface area contributed by atoms with Crippen molar-refractivity contribution in [2.75, 3.05) is 6.61 Å². The summed E-state index contributed by atoms with van der Waals surface area (Å²) in [6, 6.07) is 0. The minimum atomic E-state index is -4.44.